The van der Waals surface area contributed by atoms with Gasteiger partial charge in [-0.1, -0.05) is 41.9 Å². The Morgan fingerprint density at radius 3 is 2.74 bits per heavy atom. The molecule has 0 saturated carbocycles. The maximum Gasteiger partial charge on any atom is 0.331 e. The van der Waals surface area contributed by atoms with Crippen LogP contribution in [0.4, 0.5) is 5.69 Å². The Labute approximate surface area is 138 Å². The fraction of sp³-hybridized carbons (Fsp3) is 0.118. The molecular weight excluding hydrogens is 318 g/mol. The molecular formula is C17H14ClNO4. The van der Waals surface area contributed by atoms with Crippen LogP contribution in [0.1, 0.15) is 16.7 Å². The molecule has 0 radical (unpaired) electrons. The maximum absolute atomic E-state index is 11.7. The highest BCUT2D eigenvalue weighted by Crippen LogP contribution is 2.25. The molecule has 23 heavy (non-hydrogen) atoms. The largest absolute Gasteiger partial charge is 0.458 e. The van der Waals surface area contributed by atoms with E-state index in [4.69, 9.17) is 16.3 Å². The van der Waals surface area contributed by atoms with Crippen LogP contribution in [0.25, 0.3) is 6.08 Å². The highest BCUT2D eigenvalue weighted by Gasteiger charge is 2.11. The van der Waals surface area contributed by atoms with Gasteiger partial charge in [0.2, 0.25) is 0 Å². The Balaban J connectivity index is 2.00. The van der Waals surface area contributed by atoms with Crippen molar-refractivity contribution >= 4 is 29.3 Å². The van der Waals surface area contributed by atoms with Gasteiger partial charge in [-0.15, -0.1) is 0 Å². The van der Waals surface area contributed by atoms with E-state index in [9.17, 15) is 14.9 Å². The lowest BCUT2D eigenvalue weighted by atomic mass is 10.1. The average Bonchev–Trinajstić information content (AvgIpc) is 2.53. The van der Waals surface area contributed by atoms with E-state index < -0.39 is 10.9 Å². The summed E-state index contributed by atoms with van der Waals surface area (Å²) in [6.07, 6.45) is 2.68. The summed E-state index contributed by atoms with van der Waals surface area (Å²) in [7, 11) is 0. The van der Waals surface area contributed by atoms with Crippen LogP contribution >= 0.6 is 11.6 Å². The highest BCUT2D eigenvalue weighted by molar-refractivity contribution is 6.32. The highest BCUT2D eigenvalue weighted by atomic mass is 35.5. The number of esters is 1. The molecule has 0 fully saturated rings. The van der Waals surface area contributed by atoms with E-state index in [-0.39, 0.29) is 17.3 Å². The molecule has 0 heterocycles. The van der Waals surface area contributed by atoms with Gasteiger partial charge in [-0.2, -0.15) is 0 Å². The molecule has 2 rings (SSSR count). The van der Waals surface area contributed by atoms with Gasteiger partial charge in [0.25, 0.3) is 5.69 Å². The molecule has 118 valence electrons. The molecule has 0 aliphatic heterocycles. The van der Waals surface area contributed by atoms with Crippen LogP contribution in [0.3, 0.4) is 0 Å². The summed E-state index contributed by atoms with van der Waals surface area (Å²) in [6, 6.07) is 11.9. The fourth-order valence-corrected chi connectivity index (χ4v) is 2.09. The zero-order valence-corrected chi connectivity index (χ0v) is 13.1. The lowest BCUT2D eigenvalue weighted by molar-refractivity contribution is -0.384. The van der Waals surface area contributed by atoms with E-state index in [1.165, 1.54) is 24.3 Å². The van der Waals surface area contributed by atoms with Crippen molar-refractivity contribution in [1.29, 1.82) is 0 Å². The smallest absolute Gasteiger partial charge is 0.331 e. The van der Waals surface area contributed by atoms with Gasteiger partial charge < -0.3 is 4.74 Å². The second-order valence-electron chi connectivity index (χ2n) is 4.84. The van der Waals surface area contributed by atoms with E-state index in [0.717, 1.165) is 11.1 Å². The lowest BCUT2D eigenvalue weighted by Gasteiger charge is -2.05. The third-order valence-corrected chi connectivity index (χ3v) is 3.53. The molecule has 0 aromatic heterocycles. The predicted molar refractivity (Wildman–Crippen MR) is 88.1 cm³/mol. The Kier molecular flexibility index (Phi) is 5.49. The quantitative estimate of drug-likeness (QED) is 0.354. The first-order chi connectivity index (χ1) is 11.0. The van der Waals surface area contributed by atoms with Crippen molar-refractivity contribution in [3.8, 4) is 0 Å². The molecule has 0 N–H and O–H groups in total. The first-order valence-electron chi connectivity index (χ1n) is 6.80. The number of hydrogen-bond donors (Lipinski definition) is 0. The molecule has 2 aromatic carbocycles. The average molecular weight is 332 g/mol. The number of benzene rings is 2. The van der Waals surface area contributed by atoms with Crippen LogP contribution in [0.15, 0.2) is 48.5 Å². The number of carbonyl (C=O) groups excluding carboxylic acids is 1. The Morgan fingerprint density at radius 2 is 2.04 bits per heavy atom. The Hall–Kier alpha value is -2.66. The summed E-state index contributed by atoms with van der Waals surface area (Å²) in [4.78, 5) is 22.0. The van der Waals surface area contributed by atoms with Crippen molar-refractivity contribution in [1.82, 2.24) is 0 Å². The molecule has 0 atom stereocenters. The van der Waals surface area contributed by atoms with Crippen LogP contribution in [-0.4, -0.2) is 10.9 Å². The Morgan fingerprint density at radius 1 is 1.30 bits per heavy atom. The Bertz CT molecular complexity index is 771. The minimum Gasteiger partial charge on any atom is -0.458 e. The number of rotatable bonds is 5. The standard InChI is InChI=1S/C17H14ClNO4/c1-12-4-2-3-5-14(12)11-23-17(20)9-7-13-6-8-15(18)16(10-13)19(21)22/h2-10H,11H2,1H3/b9-7+. The number of aryl methyl sites for hydroxylation is 1. The molecule has 6 heteroatoms. The summed E-state index contributed by atoms with van der Waals surface area (Å²) < 4.78 is 5.15. The lowest BCUT2D eigenvalue weighted by Crippen LogP contribution is -2.01. The normalized spacial score (nSPS) is 10.7. The molecule has 0 saturated heterocycles. The maximum atomic E-state index is 11.7. The minimum atomic E-state index is -0.573. The van der Waals surface area contributed by atoms with Gasteiger partial charge >= 0.3 is 5.97 Å². The van der Waals surface area contributed by atoms with Gasteiger partial charge in [0.05, 0.1) is 4.92 Å². The SMILES string of the molecule is Cc1ccccc1COC(=O)/C=C/c1ccc(Cl)c([N+](=O)[O-])c1. The van der Waals surface area contributed by atoms with E-state index in [2.05, 4.69) is 0 Å². The first-order valence-corrected chi connectivity index (χ1v) is 7.18. The molecule has 2 aromatic rings. The van der Waals surface area contributed by atoms with Gasteiger partial charge in [-0.3, -0.25) is 10.1 Å². The fourth-order valence-electron chi connectivity index (χ4n) is 1.91. The zero-order valence-electron chi connectivity index (χ0n) is 12.4. The summed E-state index contributed by atoms with van der Waals surface area (Å²) >= 11 is 5.73. The number of halogens is 1. The van der Waals surface area contributed by atoms with Crippen molar-refractivity contribution < 1.29 is 14.5 Å². The molecule has 5 nitrogen and oxygen atoms in total. The zero-order chi connectivity index (χ0) is 16.8. The first kappa shape index (κ1) is 16.7. The van der Waals surface area contributed by atoms with Crippen molar-refractivity contribution in [2.75, 3.05) is 0 Å². The number of nitro groups is 1. The summed E-state index contributed by atoms with van der Waals surface area (Å²) in [5, 5.41) is 10.9. The van der Waals surface area contributed by atoms with Crippen LogP contribution in [0.2, 0.25) is 5.02 Å². The second kappa shape index (κ2) is 7.56. The predicted octanol–water partition coefficient (Wildman–Crippen LogP) is 4.31. The van der Waals surface area contributed by atoms with E-state index in [1.807, 2.05) is 31.2 Å². The van der Waals surface area contributed by atoms with Crippen molar-refractivity contribution in [3.05, 3.63) is 80.4 Å². The molecule has 0 bridgehead atoms. The molecule has 0 aliphatic carbocycles. The monoisotopic (exact) mass is 331 g/mol. The summed E-state index contributed by atoms with van der Waals surface area (Å²) in [5.41, 5.74) is 2.25. The summed E-state index contributed by atoms with van der Waals surface area (Å²) in [6.45, 7) is 2.11. The van der Waals surface area contributed by atoms with E-state index in [0.29, 0.717) is 5.56 Å². The second-order valence-corrected chi connectivity index (χ2v) is 5.24. The number of hydrogen-bond acceptors (Lipinski definition) is 4. The summed E-state index contributed by atoms with van der Waals surface area (Å²) in [5.74, 6) is -0.522. The van der Waals surface area contributed by atoms with Crippen molar-refractivity contribution in [3.63, 3.8) is 0 Å². The van der Waals surface area contributed by atoms with Crippen LogP contribution in [0, 0.1) is 17.0 Å². The molecule has 0 aliphatic rings. The van der Waals surface area contributed by atoms with E-state index in [1.54, 1.807) is 6.07 Å². The van der Waals surface area contributed by atoms with E-state index >= 15 is 0 Å². The minimum absolute atomic E-state index is 0.0503. The topological polar surface area (TPSA) is 69.4 Å². The van der Waals surface area contributed by atoms with Gasteiger partial charge in [0.15, 0.2) is 0 Å². The van der Waals surface area contributed by atoms with Crippen LogP contribution < -0.4 is 0 Å². The molecule has 0 unspecified atom stereocenters. The van der Waals surface area contributed by atoms with Crippen LogP contribution in [0.5, 0.6) is 0 Å². The third kappa shape index (κ3) is 4.66. The molecule has 0 spiro atoms. The number of carbonyl (C=O) groups is 1. The van der Waals surface area contributed by atoms with Gasteiger partial charge in [0, 0.05) is 12.1 Å². The van der Waals surface area contributed by atoms with Gasteiger partial charge in [-0.05, 0) is 35.8 Å². The van der Waals surface area contributed by atoms with Gasteiger partial charge in [-0.25, -0.2) is 4.79 Å². The number of nitro benzene ring substituents is 1. The molecule has 0 amide bonds. The number of nitrogens with zero attached hydrogens (tertiary/aromatic N) is 1. The van der Waals surface area contributed by atoms with Gasteiger partial charge in [0.1, 0.15) is 11.6 Å². The number of ether oxygens (including phenoxy) is 1. The van der Waals surface area contributed by atoms with Crippen LogP contribution in [-0.2, 0) is 16.1 Å². The van der Waals surface area contributed by atoms with Crippen molar-refractivity contribution in [2.24, 2.45) is 0 Å². The van der Waals surface area contributed by atoms with Crippen molar-refractivity contribution in [2.45, 2.75) is 13.5 Å². The third-order valence-electron chi connectivity index (χ3n) is 3.21.